The molecule has 1 aliphatic rings. The molecule has 2 atom stereocenters. The van der Waals surface area contributed by atoms with Crippen LogP contribution >= 0.6 is 0 Å². The van der Waals surface area contributed by atoms with Gasteiger partial charge in [-0.25, -0.2) is 8.78 Å². The van der Waals surface area contributed by atoms with E-state index >= 15 is 0 Å². The highest BCUT2D eigenvalue weighted by Crippen LogP contribution is 2.19. The average molecular weight is 339 g/mol. The van der Waals surface area contributed by atoms with Crippen molar-refractivity contribution in [1.29, 1.82) is 0 Å². The van der Waals surface area contributed by atoms with Crippen molar-refractivity contribution in [3.63, 3.8) is 0 Å². The highest BCUT2D eigenvalue weighted by atomic mass is 19.2. The van der Waals surface area contributed by atoms with Gasteiger partial charge in [0.25, 0.3) is 0 Å². The second-order valence-electron chi connectivity index (χ2n) is 6.29. The van der Waals surface area contributed by atoms with Crippen molar-refractivity contribution in [1.82, 2.24) is 10.2 Å². The molecule has 5 nitrogen and oxygen atoms in total. The Morgan fingerprint density at radius 1 is 1.21 bits per heavy atom. The van der Waals surface area contributed by atoms with Crippen LogP contribution in [0.3, 0.4) is 0 Å². The van der Waals surface area contributed by atoms with E-state index in [0.29, 0.717) is 31.5 Å². The lowest BCUT2D eigenvalue weighted by atomic mass is 9.96. The fraction of sp³-hybridized carbons (Fsp3) is 0.529. The predicted octanol–water partition coefficient (Wildman–Crippen LogP) is 1.73. The van der Waals surface area contributed by atoms with Crippen LogP contribution in [-0.2, 0) is 9.59 Å². The van der Waals surface area contributed by atoms with Crippen LogP contribution in [0.15, 0.2) is 18.2 Å². The van der Waals surface area contributed by atoms with Crippen LogP contribution in [-0.4, -0.2) is 35.8 Å². The minimum absolute atomic E-state index is 0.0765. The minimum Gasteiger partial charge on any atom is -0.369 e. The van der Waals surface area contributed by atoms with Crippen molar-refractivity contribution in [3.05, 3.63) is 35.4 Å². The number of primary amides is 1. The van der Waals surface area contributed by atoms with Gasteiger partial charge in [-0.05, 0) is 44.4 Å². The number of likely N-dealkylation sites (tertiary alicyclic amines) is 1. The molecule has 0 saturated carbocycles. The SMILES string of the molecule is C[C@@H](N[C@H](C)c1ccc(F)c(F)c1)C(=O)N1CCC(C(N)=O)CC1. The Bertz CT molecular complexity index is 616. The fourth-order valence-corrected chi connectivity index (χ4v) is 2.98. The number of hydrogen-bond donors (Lipinski definition) is 2. The van der Waals surface area contributed by atoms with Gasteiger partial charge in [0.2, 0.25) is 11.8 Å². The third-order valence-electron chi connectivity index (χ3n) is 4.52. The zero-order valence-corrected chi connectivity index (χ0v) is 13.9. The van der Waals surface area contributed by atoms with Gasteiger partial charge in [0, 0.05) is 25.0 Å². The molecule has 1 fully saturated rings. The van der Waals surface area contributed by atoms with E-state index in [1.165, 1.54) is 6.07 Å². The van der Waals surface area contributed by atoms with Gasteiger partial charge < -0.3 is 10.6 Å². The largest absolute Gasteiger partial charge is 0.369 e. The van der Waals surface area contributed by atoms with E-state index in [1.807, 2.05) is 0 Å². The van der Waals surface area contributed by atoms with Gasteiger partial charge >= 0.3 is 0 Å². The van der Waals surface area contributed by atoms with E-state index in [2.05, 4.69) is 5.32 Å². The van der Waals surface area contributed by atoms with Crippen molar-refractivity contribution in [2.75, 3.05) is 13.1 Å². The van der Waals surface area contributed by atoms with Crippen molar-refractivity contribution in [2.24, 2.45) is 11.7 Å². The van der Waals surface area contributed by atoms with Crippen LogP contribution in [0.5, 0.6) is 0 Å². The molecular formula is C17H23F2N3O2. The van der Waals surface area contributed by atoms with E-state index in [4.69, 9.17) is 5.73 Å². The van der Waals surface area contributed by atoms with Crippen LogP contribution in [0, 0.1) is 17.6 Å². The average Bonchev–Trinajstić information content (AvgIpc) is 2.56. The predicted molar refractivity (Wildman–Crippen MR) is 85.9 cm³/mol. The lowest BCUT2D eigenvalue weighted by molar-refractivity contribution is -0.136. The first-order valence-electron chi connectivity index (χ1n) is 8.08. The lowest BCUT2D eigenvalue weighted by Gasteiger charge is -2.33. The number of hydrogen-bond acceptors (Lipinski definition) is 3. The number of nitrogens with two attached hydrogens (primary N) is 1. The molecule has 2 rings (SSSR count). The first kappa shape index (κ1) is 18.3. The first-order chi connectivity index (χ1) is 11.3. The van der Waals surface area contributed by atoms with Gasteiger partial charge in [0.15, 0.2) is 11.6 Å². The van der Waals surface area contributed by atoms with E-state index < -0.39 is 17.7 Å². The van der Waals surface area contributed by atoms with Crippen molar-refractivity contribution < 1.29 is 18.4 Å². The van der Waals surface area contributed by atoms with Crippen LogP contribution in [0.2, 0.25) is 0 Å². The Balaban J connectivity index is 1.91. The molecule has 0 spiro atoms. The number of carbonyl (C=O) groups excluding carboxylic acids is 2. The Morgan fingerprint density at radius 2 is 1.83 bits per heavy atom. The Morgan fingerprint density at radius 3 is 2.38 bits per heavy atom. The van der Waals surface area contributed by atoms with Gasteiger partial charge in [-0.2, -0.15) is 0 Å². The molecule has 0 bridgehead atoms. The molecule has 1 aromatic carbocycles. The van der Waals surface area contributed by atoms with E-state index in [1.54, 1.807) is 18.7 Å². The van der Waals surface area contributed by atoms with E-state index in [9.17, 15) is 18.4 Å². The van der Waals surface area contributed by atoms with Gasteiger partial charge in [0.05, 0.1) is 6.04 Å². The quantitative estimate of drug-likeness (QED) is 0.858. The zero-order valence-electron chi connectivity index (χ0n) is 13.9. The molecular weight excluding hydrogens is 316 g/mol. The van der Waals surface area contributed by atoms with Crippen molar-refractivity contribution >= 4 is 11.8 Å². The maximum Gasteiger partial charge on any atom is 0.239 e. The topological polar surface area (TPSA) is 75.4 Å². The zero-order chi connectivity index (χ0) is 17.9. The van der Waals surface area contributed by atoms with Crippen LogP contribution < -0.4 is 11.1 Å². The summed E-state index contributed by atoms with van der Waals surface area (Å²) in [5.41, 5.74) is 5.86. The molecule has 1 saturated heterocycles. The number of benzene rings is 1. The Hall–Kier alpha value is -2.02. The fourth-order valence-electron chi connectivity index (χ4n) is 2.98. The van der Waals surface area contributed by atoms with Gasteiger partial charge in [0.1, 0.15) is 0 Å². The van der Waals surface area contributed by atoms with Gasteiger partial charge in [-0.1, -0.05) is 6.07 Å². The number of halogens is 2. The summed E-state index contributed by atoms with van der Waals surface area (Å²) in [6, 6.07) is 2.92. The van der Waals surface area contributed by atoms with Gasteiger partial charge in [-0.15, -0.1) is 0 Å². The second kappa shape index (κ2) is 7.70. The van der Waals surface area contributed by atoms with E-state index in [0.717, 1.165) is 12.1 Å². The Labute approximate surface area is 140 Å². The van der Waals surface area contributed by atoms with Crippen molar-refractivity contribution in [2.45, 2.75) is 38.8 Å². The molecule has 24 heavy (non-hydrogen) atoms. The molecule has 0 radical (unpaired) electrons. The number of nitrogens with zero attached hydrogens (tertiary/aromatic N) is 1. The summed E-state index contributed by atoms with van der Waals surface area (Å²) in [4.78, 5) is 25.3. The summed E-state index contributed by atoms with van der Waals surface area (Å²) in [5, 5.41) is 3.10. The molecule has 1 aliphatic heterocycles. The lowest BCUT2D eigenvalue weighted by Crippen LogP contribution is -2.49. The highest BCUT2D eigenvalue weighted by molar-refractivity contribution is 5.82. The number of rotatable bonds is 5. The molecule has 0 unspecified atom stereocenters. The molecule has 7 heteroatoms. The summed E-state index contributed by atoms with van der Waals surface area (Å²) >= 11 is 0. The Kier molecular flexibility index (Phi) is 5.88. The van der Waals surface area contributed by atoms with E-state index in [-0.39, 0.29) is 23.8 Å². The smallest absolute Gasteiger partial charge is 0.239 e. The van der Waals surface area contributed by atoms with Crippen molar-refractivity contribution in [3.8, 4) is 0 Å². The summed E-state index contributed by atoms with van der Waals surface area (Å²) in [6.07, 6.45) is 1.15. The summed E-state index contributed by atoms with van der Waals surface area (Å²) in [6.45, 7) is 4.52. The third-order valence-corrected chi connectivity index (χ3v) is 4.52. The summed E-state index contributed by atoms with van der Waals surface area (Å²) in [5.74, 6) is -2.37. The molecule has 132 valence electrons. The van der Waals surface area contributed by atoms with Crippen LogP contribution in [0.25, 0.3) is 0 Å². The maximum absolute atomic E-state index is 13.3. The molecule has 1 heterocycles. The maximum atomic E-state index is 13.3. The standard InChI is InChI=1S/C17H23F2N3O2/c1-10(13-3-4-14(18)15(19)9-13)21-11(2)17(24)22-7-5-12(6-8-22)16(20)23/h3-4,9-12,21H,5-8H2,1-2H3,(H2,20,23)/t10-,11-/m1/s1. The van der Waals surface area contributed by atoms with Crippen LogP contribution in [0.4, 0.5) is 8.78 Å². The minimum atomic E-state index is -0.909. The first-order valence-corrected chi connectivity index (χ1v) is 8.08. The molecule has 0 aliphatic carbocycles. The number of nitrogens with one attached hydrogen (secondary N) is 1. The second-order valence-corrected chi connectivity index (χ2v) is 6.29. The summed E-state index contributed by atoms with van der Waals surface area (Å²) in [7, 11) is 0. The van der Waals surface area contributed by atoms with Crippen LogP contribution in [0.1, 0.15) is 38.3 Å². The summed E-state index contributed by atoms with van der Waals surface area (Å²) < 4.78 is 26.3. The van der Waals surface area contributed by atoms with Gasteiger partial charge in [-0.3, -0.25) is 14.9 Å². The molecule has 2 amide bonds. The highest BCUT2D eigenvalue weighted by Gasteiger charge is 2.28. The normalized spacial score (nSPS) is 18.2. The number of piperidine rings is 1. The number of amides is 2. The number of carbonyl (C=O) groups is 2. The molecule has 1 aromatic rings. The molecule has 3 N–H and O–H groups in total. The third kappa shape index (κ3) is 4.29. The molecule has 0 aromatic heterocycles. The monoisotopic (exact) mass is 339 g/mol.